The maximum atomic E-state index is 13.9. The van der Waals surface area contributed by atoms with Crippen LogP contribution >= 0.6 is 11.6 Å². The van der Waals surface area contributed by atoms with Gasteiger partial charge in [-0.05, 0) is 74.6 Å². The van der Waals surface area contributed by atoms with Crippen molar-refractivity contribution in [2.75, 3.05) is 57.3 Å². The zero-order chi connectivity index (χ0) is 45.1. The van der Waals surface area contributed by atoms with Gasteiger partial charge in [-0.25, -0.2) is 9.97 Å². The van der Waals surface area contributed by atoms with E-state index in [9.17, 15) is 24.3 Å². The minimum absolute atomic E-state index is 0.0414. The molecule has 5 heterocycles. The number of aromatic amines is 1. The van der Waals surface area contributed by atoms with E-state index in [0.717, 1.165) is 87.0 Å². The lowest BCUT2D eigenvalue weighted by atomic mass is 9.85. The van der Waals surface area contributed by atoms with Crippen LogP contribution in [0, 0.1) is 5.41 Å². The number of rotatable bonds is 19. The number of hydrogen-bond acceptors (Lipinski definition) is 10. The topological polar surface area (TPSA) is 193 Å². The average Bonchev–Trinajstić information content (AvgIpc) is 3.89. The Hall–Kier alpha value is -4.31. The molecule has 2 aromatic heterocycles. The molecular formula is C47H71ClN10O5. The third-order valence-electron chi connectivity index (χ3n) is 13.3. The molecule has 3 aromatic rings. The molecule has 0 saturated carbocycles. The van der Waals surface area contributed by atoms with Gasteiger partial charge in [0.1, 0.15) is 23.8 Å². The number of piperazine rings is 1. The van der Waals surface area contributed by atoms with Gasteiger partial charge in [0, 0.05) is 82.5 Å². The number of likely N-dealkylation sites (tertiary alicyclic amines) is 1. The number of halogens is 1. The van der Waals surface area contributed by atoms with Crippen LogP contribution in [-0.4, -0.2) is 134 Å². The van der Waals surface area contributed by atoms with Gasteiger partial charge in [0.05, 0.1) is 23.1 Å². The molecule has 0 spiro atoms. The van der Waals surface area contributed by atoms with Crippen LogP contribution in [-0.2, 0) is 19.2 Å². The number of aliphatic hydroxyl groups is 1. The smallest absolute Gasteiger partial charge is 0.246 e. The number of aliphatic hydroxyl groups excluding tert-OH is 1. The summed E-state index contributed by atoms with van der Waals surface area (Å²) in [4.78, 5) is 73.3. The number of piperidine rings is 1. The predicted octanol–water partition coefficient (Wildman–Crippen LogP) is 5.32. The first-order valence-corrected chi connectivity index (χ1v) is 23.7. The zero-order valence-electron chi connectivity index (χ0n) is 37.9. The molecule has 3 aliphatic heterocycles. The van der Waals surface area contributed by atoms with E-state index < -0.39 is 23.1 Å². The van der Waals surface area contributed by atoms with Gasteiger partial charge in [-0.3, -0.25) is 24.1 Å². The first-order valence-electron chi connectivity index (χ1n) is 23.3. The molecule has 4 amide bonds. The summed E-state index contributed by atoms with van der Waals surface area (Å²) in [5, 5.41) is 17.9. The van der Waals surface area contributed by atoms with Crippen LogP contribution in [0.3, 0.4) is 0 Å². The number of benzene rings is 1. The second-order valence-corrected chi connectivity index (χ2v) is 19.7. The maximum absolute atomic E-state index is 13.9. The number of hydrogen-bond donors (Lipinski definition) is 5. The van der Waals surface area contributed by atoms with Crippen molar-refractivity contribution in [1.29, 1.82) is 0 Å². The van der Waals surface area contributed by atoms with Crippen molar-refractivity contribution in [3.05, 3.63) is 53.4 Å². The number of nitrogens with one attached hydrogen (secondary N) is 3. The molecule has 0 aliphatic carbocycles. The highest BCUT2D eigenvalue weighted by Crippen LogP contribution is 2.30. The fraction of sp³-hybridized carbons (Fsp3) is 0.660. The highest BCUT2D eigenvalue weighted by molar-refractivity contribution is 6.30. The Kier molecular flexibility index (Phi) is 16.9. The van der Waals surface area contributed by atoms with Gasteiger partial charge in [-0.15, -0.1) is 0 Å². The van der Waals surface area contributed by atoms with E-state index >= 15 is 0 Å². The first kappa shape index (κ1) is 48.2. The summed E-state index contributed by atoms with van der Waals surface area (Å²) in [7, 11) is 0. The number of anilines is 1. The summed E-state index contributed by atoms with van der Waals surface area (Å²) in [5.41, 5.74) is 7.16. The Labute approximate surface area is 378 Å². The lowest BCUT2D eigenvalue weighted by Crippen LogP contribution is -2.60. The lowest BCUT2D eigenvalue weighted by Gasteiger charge is -2.39. The molecule has 63 heavy (non-hydrogen) atoms. The van der Waals surface area contributed by atoms with Crippen LogP contribution in [0.25, 0.3) is 11.0 Å². The standard InChI is InChI=1S/C47H71ClN10O5/c1-33-30-36(59)31-58(33)44(62)41(46(2,3)4)54-39(60)12-10-8-6-5-7-9-11-13-40(61)56-28-26-55(27-29-56)23-19-38(34-14-16-35(48)17-15-34)53-45(63)47(49)20-24-57(25-21-47)43-37-18-22-50-42(37)51-32-52-43/h14-18,22,32-33,36,38,41,59H,5-13,19-21,23-31,49H2,1-4H3,(H,53,63)(H,54,60)(H,50,51,52)/t33-,36-,38+,41-/m1/s1. The van der Waals surface area contributed by atoms with Crippen molar-refractivity contribution in [2.24, 2.45) is 11.1 Å². The van der Waals surface area contributed by atoms with Crippen LogP contribution in [0.2, 0.25) is 5.02 Å². The molecule has 3 aliphatic rings. The van der Waals surface area contributed by atoms with Crippen LogP contribution in [0.1, 0.15) is 123 Å². The summed E-state index contributed by atoms with van der Waals surface area (Å²) in [6, 6.07) is 8.70. The first-order chi connectivity index (χ1) is 30.1. The van der Waals surface area contributed by atoms with Crippen molar-refractivity contribution >= 4 is 52.1 Å². The van der Waals surface area contributed by atoms with Gasteiger partial charge in [-0.1, -0.05) is 76.6 Å². The third kappa shape index (κ3) is 13.1. The van der Waals surface area contributed by atoms with Crippen LogP contribution < -0.4 is 21.3 Å². The number of carbonyl (C=O) groups excluding carboxylic acids is 4. The second-order valence-electron chi connectivity index (χ2n) is 19.2. The molecule has 346 valence electrons. The largest absolute Gasteiger partial charge is 0.391 e. The van der Waals surface area contributed by atoms with Gasteiger partial charge in [0.15, 0.2) is 0 Å². The molecule has 3 saturated heterocycles. The minimum Gasteiger partial charge on any atom is -0.391 e. The highest BCUT2D eigenvalue weighted by atomic mass is 35.5. The normalized spacial score (nSPS) is 20.5. The fourth-order valence-electron chi connectivity index (χ4n) is 9.27. The van der Waals surface area contributed by atoms with E-state index in [1.807, 2.05) is 69.1 Å². The molecule has 6 rings (SSSR count). The molecule has 1 aromatic carbocycles. The SMILES string of the molecule is C[C@@H]1C[C@@H](O)CN1C(=O)[C@@H](NC(=O)CCCCCCCCCC(=O)N1CCN(CC[C@H](NC(=O)C2(N)CCN(c3ncnc4[nH]ccc34)CC2)c2ccc(Cl)cc2)CC1)C(C)(C)C. The number of amides is 4. The van der Waals surface area contributed by atoms with Crippen molar-refractivity contribution in [3.8, 4) is 0 Å². The highest BCUT2D eigenvalue weighted by Gasteiger charge is 2.41. The van der Waals surface area contributed by atoms with Gasteiger partial charge in [0.2, 0.25) is 23.6 Å². The quantitative estimate of drug-likeness (QED) is 0.0984. The summed E-state index contributed by atoms with van der Waals surface area (Å²) in [6.45, 7) is 13.1. The number of aromatic nitrogens is 3. The summed E-state index contributed by atoms with van der Waals surface area (Å²) in [6.07, 6.45) is 12.9. The van der Waals surface area contributed by atoms with Gasteiger partial charge >= 0.3 is 0 Å². The van der Waals surface area contributed by atoms with Gasteiger partial charge in [0.25, 0.3) is 0 Å². The number of nitrogens with two attached hydrogens (primary N) is 1. The summed E-state index contributed by atoms with van der Waals surface area (Å²) in [5.74, 6) is 0.691. The minimum atomic E-state index is -1.00. The van der Waals surface area contributed by atoms with Crippen molar-refractivity contribution in [3.63, 3.8) is 0 Å². The molecule has 3 fully saturated rings. The second kappa shape index (κ2) is 22.1. The van der Waals surface area contributed by atoms with Crippen molar-refractivity contribution in [1.82, 2.24) is 40.3 Å². The fourth-order valence-corrected chi connectivity index (χ4v) is 9.39. The van der Waals surface area contributed by atoms with E-state index in [1.54, 1.807) is 11.2 Å². The van der Waals surface area contributed by atoms with E-state index in [0.29, 0.717) is 76.3 Å². The molecule has 16 heteroatoms. The Morgan fingerprint density at radius 1 is 0.905 bits per heavy atom. The molecule has 0 radical (unpaired) electrons. The summed E-state index contributed by atoms with van der Waals surface area (Å²) < 4.78 is 0. The van der Waals surface area contributed by atoms with E-state index in [1.165, 1.54) is 0 Å². The van der Waals surface area contributed by atoms with Crippen molar-refractivity contribution in [2.45, 2.75) is 141 Å². The predicted molar refractivity (Wildman–Crippen MR) is 247 cm³/mol. The average molecular weight is 892 g/mol. The van der Waals surface area contributed by atoms with Crippen molar-refractivity contribution < 1.29 is 24.3 Å². The van der Waals surface area contributed by atoms with Crippen LogP contribution in [0.5, 0.6) is 0 Å². The number of carbonyl (C=O) groups is 4. The number of H-pyrrole nitrogens is 1. The Bertz CT molecular complexity index is 1970. The van der Waals surface area contributed by atoms with Gasteiger partial charge < -0.3 is 41.2 Å². The van der Waals surface area contributed by atoms with E-state index in [4.69, 9.17) is 17.3 Å². The lowest BCUT2D eigenvalue weighted by molar-refractivity contribution is -0.140. The maximum Gasteiger partial charge on any atom is 0.246 e. The van der Waals surface area contributed by atoms with Gasteiger partial charge in [-0.2, -0.15) is 0 Å². The number of nitrogens with zero attached hydrogens (tertiary/aromatic N) is 6. The number of β-amino-alcohol motifs (C(OH)–C–C–N with tert-alkyl or cyclic N) is 1. The number of unbranched alkanes of at least 4 members (excludes halogenated alkanes) is 6. The molecular weight excluding hydrogens is 820 g/mol. The monoisotopic (exact) mass is 891 g/mol. The van der Waals surface area contributed by atoms with Crippen LogP contribution in [0.4, 0.5) is 5.82 Å². The molecule has 0 unspecified atom stereocenters. The Balaban J connectivity index is 0.848. The third-order valence-corrected chi connectivity index (χ3v) is 13.6. The van der Waals surface area contributed by atoms with E-state index in [2.05, 4.69) is 35.4 Å². The Morgan fingerprint density at radius 2 is 1.56 bits per heavy atom. The molecule has 4 atom stereocenters. The molecule has 6 N–H and O–H groups in total. The number of fused-ring (bicyclic) bond motifs is 1. The summed E-state index contributed by atoms with van der Waals surface area (Å²) >= 11 is 6.24. The Morgan fingerprint density at radius 3 is 2.19 bits per heavy atom. The van der Waals surface area contributed by atoms with E-state index in [-0.39, 0.29) is 35.7 Å². The molecule has 15 nitrogen and oxygen atoms in total. The zero-order valence-corrected chi connectivity index (χ0v) is 38.7. The van der Waals surface area contributed by atoms with Crippen LogP contribution in [0.15, 0.2) is 42.9 Å². The molecule has 0 bridgehead atoms.